The Morgan fingerprint density at radius 2 is 1.55 bits per heavy atom. The summed E-state index contributed by atoms with van der Waals surface area (Å²) in [4.78, 5) is 37.5. The molecule has 0 saturated carbocycles. The average Bonchev–Trinajstić information content (AvgIpc) is 2.76. The van der Waals surface area contributed by atoms with E-state index < -0.39 is 29.9 Å². The van der Waals surface area contributed by atoms with Crippen molar-refractivity contribution in [2.75, 3.05) is 7.11 Å². The lowest BCUT2D eigenvalue weighted by molar-refractivity contribution is -0.157. The fourth-order valence-electron chi connectivity index (χ4n) is 2.80. The molecule has 0 aliphatic heterocycles. The number of hydrogen-bond acceptors (Lipinski definition) is 5. The number of ether oxygens (including phenoxy) is 2. The first-order valence-electron chi connectivity index (χ1n) is 10.2. The maximum Gasteiger partial charge on any atom is 0.329 e. The summed E-state index contributed by atoms with van der Waals surface area (Å²) in [5.41, 5.74) is 2.47. The van der Waals surface area contributed by atoms with Crippen molar-refractivity contribution in [3.05, 3.63) is 65.2 Å². The van der Waals surface area contributed by atoms with Gasteiger partial charge in [0.15, 0.2) is 6.10 Å². The molecule has 0 bridgehead atoms. The van der Waals surface area contributed by atoms with Crippen LogP contribution in [0.5, 0.6) is 5.75 Å². The van der Waals surface area contributed by atoms with Gasteiger partial charge in [-0.25, -0.2) is 4.79 Å². The molecule has 0 aliphatic carbocycles. The quantitative estimate of drug-likeness (QED) is 0.601. The molecule has 2 aromatic rings. The number of carbonyl (C=O) groups is 3. The van der Waals surface area contributed by atoms with E-state index in [1.165, 1.54) is 14.0 Å². The summed E-state index contributed by atoms with van der Waals surface area (Å²) in [6.45, 7) is 7.42. The highest BCUT2D eigenvalue weighted by Crippen LogP contribution is 2.13. The van der Waals surface area contributed by atoms with E-state index in [9.17, 15) is 14.4 Å². The predicted molar refractivity (Wildman–Crippen MR) is 118 cm³/mol. The Hall–Kier alpha value is -3.35. The zero-order valence-electron chi connectivity index (χ0n) is 18.6. The molecular formula is C24H30N2O5. The van der Waals surface area contributed by atoms with E-state index in [2.05, 4.69) is 10.6 Å². The highest BCUT2D eigenvalue weighted by Gasteiger charge is 2.29. The van der Waals surface area contributed by atoms with E-state index in [-0.39, 0.29) is 5.92 Å². The predicted octanol–water partition coefficient (Wildman–Crippen LogP) is 3.01. The van der Waals surface area contributed by atoms with Crippen LogP contribution in [0.1, 0.15) is 42.3 Å². The van der Waals surface area contributed by atoms with Crippen molar-refractivity contribution in [1.82, 2.24) is 10.6 Å². The third-order valence-corrected chi connectivity index (χ3v) is 4.81. The second-order valence-electron chi connectivity index (χ2n) is 7.71. The maximum absolute atomic E-state index is 12.6. The van der Waals surface area contributed by atoms with Crippen LogP contribution in [-0.2, 0) is 20.9 Å². The molecule has 2 rings (SSSR count). The standard InChI is InChI=1S/C24H30N2O5/c1-15(2)21(26-23(28)19-10-12-20(30-5)13-11-19)24(29)31-17(4)22(27)25-14-18-8-6-16(3)7-9-18/h6-13,15,17,21H,14H2,1-5H3,(H,25,27)(H,26,28)/t17-,21-/m0/s1. The van der Waals surface area contributed by atoms with Gasteiger partial charge in [-0.1, -0.05) is 43.7 Å². The van der Waals surface area contributed by atoms with Gasteiger partial charge in [0.25, 0.3) is 11.8 Å². The molecule has 0 fully saturated rings. The molecule has 2 N–H and O–H groups in total. The highest BCUT2D eigenvalue weighted by atomic mass is 16.5. The van der Waals surface area contributed by atoms with Crippen LogP contribution in [0.25, 0.3) is 0 Å². The topological polar surface area (TPSA) is 93.7 Å². The molecule has 166 valence electrons. The second-order valence-corrected chi connectivity index (χ2v) is 7.71. The van der Waals surface area contributed by atoms with Gasteiger partial charge < -0.3 is 20.1 Å². The smallest absolute Gasteiger partial charge is 0.329 e. The number of hydrogen-bond donors (Lipinski definition) is 2. The van der Waals surface area contributed by atoms with E-state index in [1.807, 2.05) is 31.2 Å². The number of esters is 1. The summed E-state index contributed by atoms with van der Waals surface area (Å²) < 4.78 is 10.4. The van der Waals surface area contributed by atoms with Crippen molar-refractivity contribution < 1.29 is 23.9 Å². The SMILES string of the molecule is COc1ccc(C(=O)N[C@H](C(=O)O[C@@H](C)C(=O)NCc2ccc(C)cc2)C(C)C)cc1. The van der Waals surface area contributed by atoms with Crippen LogP contribution in [0.4, 0.5) is 0 Å². The van der Waals surface area contributed by atoms with Crippen LogP contribution in [0.2, 0.25) is 0 Å². The fraction of sp³-hybridized carbons (Fsp3) is 0.375. The van der Waals surface area contributed by atoms with Crippen LogP contribution in [0.3, 0.4) is 0 Å². The molecule has 0 spiro atoms. The lowest BCUT2D eigenvalue weighted by Gasteiger charge is -2.23. The molecule has 0 radical (unpaired) electrons. The minimum absolute atomic E-state index is 0.225. The van der Waals surface area contributed by atoms with Gasteiger partial charge in [-0.3, -0.25) is 9.59 Å². The molecule has 0 saturated heterocycles. The maximum atomic E-state index is 12.6. The van der Waals surface area contributed by atoms with Gasteiger partial charge >= 0.3 is 5.97 Å². The minimum Gasteiger partial charge on any atom is -0.497 e. The van der Waals surface area contributed by atoms with Crippen LogP contribution in [0.15, 0.2) is 48.5 Å². The summed E-state index contributed by atoms with van der Waals surface area (Å²) in [6, 6.07) is 13.4. The number of carbonyl (C=O) groups excluding carboxylic acids is 3. The van der Waals surface area contributed by atoms with Crippen molar-refractivity contribution >= 4 is 17.8 Å². The Balaban J connectivity index is 1.92. The number of nitrogens with one attached hydrogen (secondary N) is 2. The normalized spacial score (nSPS) is 12.6. The molecule has 2 atom stereocenters. The van der Waals surface area contributed by atoms with Crippen molar-refractivity contribution in [2.24, 2.45) is 5.92 Å². The molecule has 7 heteroatoms. The largest absolute Gasteiger partial charge is 0.497 e. The zero-order valence-corrected chi connectivity index (χ0v) is 18.6. The summed E-state index contributed by atoms with van der Waals surface area (Å²) in [7, 11) is 1.54. The Bertz CT molecular complexity index is 891. The van der Waals surface area contributed by atoms with Gasteiger partial charge in [-0.2, -0.15) is 0 Å². The Labute approximate surface area is 183 Å². The van der Waals surface area contributed by atoms with Crippen molar-refractivity contribution in [2.45, 2.75) is 46.4 Å². The molecule has 7 nitrogen and oxygen atoms in total. The summed E-state index contributed by atoms with van der Waals surface area (Å²) in [5.74, 6) is -1.07. The molecule has 0 heterocycles. The summed E-state index contributed by atoms with van der Waals surface area (Å²) >= 11 is 0. The lowest BCUT2D eigenvalue weighted by atomic mass is 10.0. The molecular weight excluding hydrogens is 396 g/mol. The van der Waals surface area contributed by atoms with Crippen LogP contribution in [-0.4, -0.2) is 37.0 Å². The number of rotatable bonds is 9. The Morgan fingerprint density at radius 3 is 2.10 bits per heavy atom. The van der Waals surface area contributed by atoms with Gasteiger partial charge in [-0.15, -0.1) is 0 Å². The van der Waals surface area contributed by atoms with Gasteiger partial charge in [0.2, 0.25) is 0 Å². The van der Waals surface area contributed by atoms with Gasteiger partial charge in [-0.05, 0) is 49.6 Å². The fourth-order valence-corrected chi connectivity index (χ4v) is 2.80. The summed E-state index contributed by atoms with van der Waals surface area (Å²) in [6.07, 6.45) is -0.989. The number of methoxy groups -OCH3 is 1. The summed E-state index contributed by atoms with van der Waals surface area (Å²) in [5, 5.41) is 5.45. The first kappa shape index (κ1) is 23.9. The van der Waals surface area contributed by atoms with Crippen LogP contribution < -0.4 is 15.4 Å². The minimum atomic E-state index is -0.989. The van der Waals surface area contributed by atoms with Crippen LogP contribution in [0, 0.1) is 12.8 Å². The van der Waals surface area contributed by atoms with Gasteiger partial charge in [0, 0.05) is 12.1 Å². The van der Waals surface area contributed by atoms with E-state index in [0.29, 0.717) is 17.9 Å². The van der Waals surface area contributed by atoms with E-state index in [4.69, 9.17) is 9.47 Å². The van der Waals surface area contributed by atoms with E-state index in [1.54, 1.807) is 38.1 Å². The highest BCUT2D eigenvalue weighted by molar-refractivity contribution is 5.97. The number of aryl methyl sites for hydroxylation is 1. The molecule has 2 aromatic carbocycles. The zero-order chi connectivity index (χ0) is 23.0. The molecule has 0 unspecified atom stereocenters. The third kappa shape index (κ3) is 7.13. The average molecular weight is 427 g/mol. The first-order chi connectivity index (χ1) is 14.7. The van der Waals surface area contributed by atoms with Gasteiger partial charge in [0.05, 0.1) is 7.11 Å². The molecule has 31 heavy (non-hydrogen) atoms. The molecule has 0 aliphatic rings. The first-order valence-corrected chi connectivity index (χ1v) is 10.2. The van der Waals surface area contributed by atoms with Gasteiger partial charge in [0.1, 0.15) is 11.8 Å². The van der Waals surface area contributed by atoms with Crippen molar-refractivity contribution in [1.29, 1.82) is 0 Å². The lowest BCUT2D eigenvalue weighted by Crippen LogP contribution is -2.47. The van der Waals surface area contributed by atoms with E-state index in [0.717, 1.165) is 11.1 Å². The van der Waals surface area contributed by atoms with E-state index >= 15 is 0 Å². The number of benzene rings is 2. The van der Waals surface area contributed by atoms with Crippen LogP contribution >= 0.6 is 0 Å². The third-order valence-electron chi connectivity index (χ3n) is 4.81. The van der Waals surface area contributed by atoms with Crippen molar-refractivity contribution in [3.8, 4) is 5.75 Å². The second kappa shape index (κ2) is 11.2. The Morgan fingerprint density at radius 1 is 0.935 bits per heavy atom. The molecule has 2 amide bonds. The van der Waals surface area contributed by atoms with Crippen molar-refractivity contribution in [3.63, 3.8) is 0 Å². The molecule has 0 aromatic heterocycles. The number of amides is 2. The monoisotopic (exact) mass is 426 g/mol. The Kier molecular flexibility index (Phi) is 8.61.